The lowest BCUT2D eigenvalue weighted by atomic mass is 10.1. The number of ketones is 1. The number of hydrogen-bond donors (Lipinski definition) is 1. The predicted molar refractivity (Wildman–Crippen MR) is 129 cm³/mol. The summed E-state index contributed by atoms with van der Waals surface area (Å²) in [5.41, 5.74) is 0.794. The van der Waals surface area contributed by atoms with Crippen LogP contribution in [0, 0.1) is 17.0 Å². The Labute approximate surface area is 201 Å². The van der Waals surface area contributed by atoms with Gasteiger partial charge in [-0.15, -0.1) is 0 Å². The zero-order valence-corrected chi connectivity index (χ0v) is 19.9. The molecule has 3 rings (SSSR count). The Morgan fingerprint density at radius 2 is 1.91 bits per heavy atom. The van der Waals surface area contributed by atoms with Crippen molar-refractivity contribution in [1.29, 1.82) is 0 Å². The molecule has 1 N–H and O–H groups in total. The molecule has 0 aliphatic heterocycles. The van der Waals surface area contributed by atoms with Gasteiger partial charge in [0.2, 0.25) is 0 Å². The number of Topliss-reactive ketones (excluding diaryl/α,β-unsaturated/α-hetero) is 1. The van der Waals surface area contributed by atoms with Gasteiger partial charge >= 0.3 is 0 Å². The van der Waals surface area contributed by atoms with E-state index in [9.17, 15) is 24.5 Å². The summed E-state index contributed by atoms with van der Waals surface area (Å²) in [5.74, 6) is -1.04. The number of H-pyrrole nitrogens is 1. The summed E-state index contributed by atoms with van der Waals surface area (Å²) >= 11 is 6.06. The van der Waals surface area contributed by atoms with E-state index in [1.807, 2.05) is 6.92 Å². The number of nitro groups is 1. The average Bonchev–Trinajstić information content (AvgIpc) is 3.13. The first kappa shape index (κ1) is 24.9. The van der Waals surface area contributed by atoms with Gasteiger partial charge in [0, 0.05) is 34.5 Å². The van der Waals surface area contributed by atoms with Crippen LogP contribution in [0.25, 0.3) is 5.69 Å². The number of aryl methyl sites for hydroxylation is 2. The largest absolute Gasteiger partial charge is 0.331 e. The molecule has 34 heavy (non-hydrogen) atoms. The van der Waals surface area contributed by atoms with Gasteiger partial charge in [-0.25, -0.2) is 4.68 Å². The zero-order valence-electron chi connectivity index (χ0n) is 19.1. The molecule has 0 radical (unpaired) electrons. The third kappa shape index (κ3) is 5.09. The van der Waals surface area contributed by atoms with Crippen molar-refractivity contribution in [3.63, 3.8) is 0 Å². The molecule has 178 valence electrons. The van der Waals surface area contributed by atoms with E-state index in [4.69, 9.17) is 11.6 Å². The lowest BCUT2D eigenvalue weighted by Crippen LogP contribution is -2.37. The summed E-state index contributed by atoms with van der Waals surface area (Å²) < 4.78 is 1.27. The maximum Gasteiger partial charge on any atom is 0.282 e. The summed E-state index contributed by atoms with van der Waals surface area (Å²) in [6.45, 7) is 5.05. The lowest BCUT2D eigenvalue weighted by molar-refractivity contribution is -0.385. The van der Waals surface area contributed by atoms with Gasteiger partial charge in [-0.1, -0.05) is 37.1 Å². The number of aromatic nitrogens is 2. The Morgan fingerprint density at radius 3 is 2.53 bits per heavy atom. The molecule has 10 heteroatoms. The highest BCUT2D eigenvalue weighted by molar-refractivity contribution is 6.30. The van der Waals surface area contributed by atoms with E-state index in [2.05, 4.69) is 5.10 Å². The van der Waals surface area contributed by atoms with Crippen LogP contribution in [0.3, 0.4) is 0 Å². The fraction of sp³-hybridized carbons (Fsp3) is 0.292. The summed E-state index contributed by atoms with van der Waals surface area (Å²) in [6, 6.07) is 10.9. The van der Waals surface area contributed by atoms with E-state index < -0.39 is 22.2 Å². The minimum atomic E-state index is -0.553. The zero-order chi connectivity index (χ0) is 25.0. The number of carbonyl (C=O) groups is 2. The smallest absolute Gasteiger partial charge is 0.282 e. The highest BCUT2D eigenvalue weighted by Gasteiger charge is 2.26. The van der Waals surface area contributed by atoms with Crippen molar-refractivity contribution < 1.29 is 14.5 Å². The minimum absolute atomic E-state index is 0.0111. The van der Waals surface area contributed by atoms with Crippen LogP contribution in [-0.2, 0) is 6.42 Å². The number of halogens is 1. The van der Waals surface area contributed by atoms with Crippen molar-refractivity contribution in [1.82, 2.24) is 14.7 Å². The van der Waals surface area contributed by atoms with E-state index in [1.165, 1.54) is 27.8 Å². The molecule has 3 aromatic rings. The molecular formula is C24H25ClN4O5. The molecule has 0 saturated heterocycles. The normalized spacial score (nSPS) is 10.8. The Balaban J connectivity index is 1.94. The molecular weight excluding hydrogens is 460 g/mol. The van der Waals surface area contributed by atoms with Crippen molar-refractivity contribution in [3.05, 3.63) is 90.3 Å². The Morgan fingerprint density at radius 1 is 1.18 bits per heavy atom. The predicted octanol–water partition coefficient (Wildman–Crippen LogP) is 4.33. The molecule has 1 heterocycles. The van der Waals surface area contributed by atoms with E-state index in [-0.39, 0.29) is 29.9 Å². The maximum atomic E-state index is 13.2. The number of rotatable bonds is 9. The van der Waals surface area contributed by atoms with Crippen LogP contribution < -0.4 is 5.56 Å². The number of amides is 1. The highest BCUT2D eigenvalue weighted by atomic mass is 35.5. The van der Waals surface area contributed by atoms with Crippen LogP contribution in [0.2, 0.25) is 5.02 Å². The molecule has 0 unspecified atom stereocenters. The number of nitrogens with one attached hydrogen (secondary N) is 1. The summed E-state index contributed by atoms with van der Waals surface area (Å²) in [4.78, 5) is 51.4. The number of benzene rings is 2. The molecule has 0 bridgehead atoms. The van der Waals surface area contributed by atoms with Crippen LogP contribution in [0.4, 0.5) is 5.69 Å². The molecule has 2 aromatic carbocycles. The van der Waals surface area contributed by atoms with E-state index in [0.29, 0.717) is 34.8 Å². The molecule has 0 aliphatic carbocycles. The fourth-order valence-electron chi connectivity index (χ4n) is 3.70. The Kier molecular flexibility index (Phi) is 7.68. The van der Waals surface area contributed by atoms with Crippen molar-refractivity contribution in [2.75, 3.05) is 13.1 Å². The van der Waals surface area contributed by atoms with Gasteiger partial charge in [-0.05, 0) is 44.5 Å². The van der Waals surface area contributed by atoms with Gasteiger partial charge < -0.3 is 4.90 Å². The van der Waals surface area contributed by atoms with Gasteiger partial charge in [-0.3, -0.25) is 29.6 Å². The van der Waals surface area contributed by atoms with Gasteiger partial charge in [-0.2, -0.15) is 0 Å². The highest BCUT2D eigenvalue weighted by Crippen LogP contribution is 2.21. The number of likely N-dealkylation sites (N-methyl/N-ethyl adjacent to an activating group) is 1. The molecule has 1 amide bonds. The SMILES string of the molecule is CCCc1[nH]n(-c2cccc(Cl)c2)c(=O)c1C(=O)CN(CC)C(=O)c1ccc(C)c([N+](=O)[O-])c1. The second-order valence-electron chi connectivity index (χ2n) is 7.84. The van der Waals surface area contributed by atoms with E-state index >= 15 is 0 Å². The summed E-state index contributed by atoms with van der Waals surface area (Å²) in [6.07, 6.45) is 1.16. The second-order valence-corrected chi connectivity index (χ2v) is 8.27. The van der Waals surface area contributed by atoms with E-state index in [1.54, 1.807) is 38.1 Å². The fourth-order valence-corrected chi connectivity index (χ4v) is 3.88. The quantitative estimate of drug-likeness (QED) is 0.275. The summed E-state index contributed by atoms with van der Waals surface area (Å²) in [5, 5.41) is 14.7. The van der Waals surface area contributed by atoms with Crippen LogP contribution in [0.15, 0.2) is 47.3 Å². The van der Waals surface area contributed by atoms with Crippen LogP contribution in [0.1, 0.15) is 52.2 Å². The molecule has 0 atom stereocenters. The first-order valence-corrected chi connectivity index (χ1v) is 11.2. The molecule has 0 fully saturated rings. The van der Waals surface area contributed by atoms with Crippen LogP contribution in [-0.4, -0.2) is 44.4 Å². The maximum absolute atomic E-state index is 13.2. The van der Waals surface area contributed by atoms with Crippen LogP contribution in [0.5, 0.6) is 0 Å². The Hall–Kier alpha value is -3.72. The van der Waals surface area contributed by atoms with E-state index in [0.717, 1.165) is 0 Å². The van der Waals surface area contributed by atoms with Gasteiger partial charge in [0.05, 0.1) is 17.2 Å². The minimum Gasteiger partial charge on any atom is -0.331 e. The third-order valence-electron chi connectivity index (χ3n) is 5.47. The Bertz CT molecular complexity index is 1310. The van der Waals surface area contributed by atoms with Gasteiger partial charge in [0.1, 0.15) is 5.56 Å². The van der Waals surface area contributed by atoms with Gasteiger partial charge in [0.15, 0.2) is 5.78 Å². The second kappa shape index (κ2) is 10.5. The van der Waals surface area contributed by atoms with Crippen molar-refractivity contribution in [3.8, 4) is 5.69 Å². The molecule has 0 aliphatic rings. The van der Waals surface area contributed by atoms with Crippen LogP contribution >= 0.6 is 11.6 Å². The molecule has 1 aromatic heterocycles. The number of carbonyl (C=O) groups excluding carboxylic acids is 2. The topological polar surface area (TPSA) is 118 Å². The third-order valence-corrected chi connectivity index (χ3v) is 5.70. The number of nitro benzene ring substituents is 1. The number of nitrogens with zero attached hydrogens (tertiary/aromatic N) is 3. The van der Waals surface area contributed by atoms with Crippen molar-refractivity contribution in [2.45, 2.75) is 33.6 Å². The molecule has 9 nitrogen and oxygen atoms in total. The molecule has 0 spiro atoms. The first-order chi connectivity index (χ1) is 16.2. The molecule has 0 saturated carbocycles. The van der Waals surface area contributed by atoms with Crippen molar-refractivity contribution >= 4 is 29.0 Å². The van der Waals surface area contributed by atoms with Gasteiger partial charge in [0.25, 0.3) is 17.2 Å². The first-order valence-electron chi connectivity index (χ1n) is 10.8. The monoisotopic (exact) mass is 484 g/mol. The lowest BCUT2D eigenvalue weighted by Gasteiger charge is -2.20. The average molecular weight is 485 g/mol. The number of aromatic amines is 1. The summed E-state index contributed by atoms with van der Waals surface area (Å²) in [7, 11) is 0. The number of hydrogen-bond acceptors (Lipinski definition) is 5. The standard InChI is InChI=1S/C24H25ClN4O5/c1-4-7-19-22(24(32)28(26-19)18-9-6-8-17(25)13-18)21(30)14-27(5-2)23(31)16-11-10-15(3)20(12-16)29(33)34/h6,8-13,26H,4-5,7,14H2,1-3H3. The van der Waals surface area contributed by atoms with Crippen molar-refractivity contribution in [2.24, 2.45) is 0 Å².